The number of anilines is 1. The maximum Gasteiger partial charge on any atom is 0.229 e. The Kier molecular flexibility index (Phi) is 4.52. The van der Waals surface area contributed by atoms with Gasteiger partial charge in [-0.1, -0.05) is 17.3 Å². The second-order valence-electron chi connectivity index (χ2n) is 7.07. The number of rotatable bonds is 3. The molecular formula is C19H19N5O2S3. The number of benzene rings is 1. The molecule has 5 rings (SSSR count). The molecule has 0 aliphatic carbocycles. The lowest BCUT2D eigenvalue weighted by Crippen LogP contribution is -2.33. The molecule has 3 aromatic heterocycles. The molecule has 0 unspecified atom stereocenters. The fourth-order valence-corrected chi connectivity index (χ4v) is 6.92. The molecule has 0 saturated carbocycles. The van der Waals surface area contributed by atoms with Gasteiger partial charge in [0.1, 0.15) is 0 Å². The minimum Gasteiger partial charge on any atom is -0.354 e. The second kappa shape index (κ2) is 6.96. The summed E-state index contributed by atoms with van der Waals surface area (Å²) in [6, 6.07) is 7.34. The summed E-state index contributed by atoms with van der Waals surface area (Å²) in [5, 5.41) is 10.1. The van der Waals surface area contributed by atoms with Crippen molar-refractivity contribution < 1.29 is 8.42 Å². The van der Waals surface area contributed by atoms with Gasteiger partial charge in [-0.05, 0) is 42.5 Å². The van der Waals surface area contributed by atoms with Gasteiger partial charge in [0.15, 0.2) is 11.5 Å². The molecule has 1 fully saturated rings. The first-order valence-corrected chi connectivity index (χ1v) is 12.8. The molecule has 4 heterocycles. The van der Waals surface area contributed by atoms with E-state index in [9.17, 15) is 8.42 Å². The highest BCUT2D eigenvalue weighted by Gasteiger charge is 2.29. The molecule has 0 atom stereocenters. The standard InChI is InChI=1S/C19H19N5O2S3/c1-12-3-4-13(2)15(11-12)29(25,26)19-18-20-17(23-6-9-27-10-7-23)16-14(5-8-28-16)24(18)22-21-19/h3-5,8,11H,6-7,9-10H2,1-2H3. The Bertz CT molecular complexity index is 1340. The molecule has 10 heteroatoms. The molecule has 0 radical (unpaired) electrons. The maximum absolute atomic E-state index is 13.5. The van der Waals surface area contributed by atoms with Crippen molar-refractivity contribution in [3.8, 4) is 0 Å². The van der Waals surface area contributed by atoms with Crippen LogP contribution < -0.4 is 4.90 Å². The highest BCUT2D eigenvalue weighted by Crippen LogP contribution is 2.34. The zero-order valence-electron chi connectivity index (χ0n) is 16.0. The van der Waals surface area contributed by atoms with Gasteiger partial charge in [0.05, 0.1) is 15.1 Å². The lowest BCUT2D eigenvalue weighted by atomic mass is 10.2. The Balaban J connectivity index is 1.76. The third-order valence-corrected chi connectivity index (χ3v) is 8.74. The molecule has 150 valence electrons. The highest BCUT2D eigenvalue weighted by molar-refractivity contribution is 7.99. The monoisotopic (exact) mass is 445 g/mol. The number of thiophene rings is 1. The smallest absolute Gasteiger partial charge is 0.229 e. The van der Waals surface area contributed by atoms with Crippen LogP contribution in [0.3, 0.4) is 0 Å². The van der Waals surface area contributed by atoms with Crippen molar-refractivity contribution in [2.45, 2.75) is 23.8 Å². The predicted molar refractivity (Wildman–Crippen MR) is 117 cm³/mol. The SMILES string of the molecule is Cc1ccc(C)c(S(=O)(=O)c2nnn3c2nc(N2CCSCC2)c2sccc23)c1. The van der Waals surface area contributed by atoms with Crippen LogP contribution in [-0.4, -0.2) is 52.8 Å². The van der Waals surface area contributed by atoms with Crippen LogP contribution in [0.5, 0.6) is 0 Å². The number of fused-ring (bicyclic) bond motifs is 3. The summed E-state index contributed by atoms with van der Waals surface area (Å²) >= 11 is 3.51. The largest absolute Gasteiger partial charge is 0.354 e. The summed E-state index contributed by atoms with van der Waals surface area (Å²) in [6.07, 6.45) is 0. The molecular weight excluding hydrogens is 426 g/mol. The fourth-order valence-electron chi connectivity index (χ4n) is 3.57. The zero-order chi connectivity index (χ0) is 20.2. The first-order chi connectivity index (χ1) is 14.0. The van der Waals surface area contributed by atoms with E-state index in [0.29, 0.717) is 5.56 Å². The van der Waals surface area contributed by atoms with E-state index in [0.717, 1.165) is 46.2 Å². The number of hydrogen-bond donors (Lipinski definition) is 0. The molecule has 0 spiro atoms. The maximum atomic E-state index is 13.5. The van der Waals surface area contributed by atoms with E-state index >= 15 is 0 Å². The first-order valence-electron chi connectivity index (χ1n) is 9.24. The van der Waals surface area contributed by atoms with Crippen molar-refractivity contribution in [2.75, 3.05) is 29.5 Å². The lowest BCUT2D eigenvalue weighted by Gasteiger charge is -2.27. The van der Waals surface area contributed by atoms with Crippen molar-refractivity contribution in [1.29, 1.82) is 0 Å². The summed E-state index contributed by atoms with van der Waals surface area (Å²) in [6.45, 7) is 5.45. The van der Waals surface area contributed by atoms with Crippen LogP contribution in [0, 0.1) is 13.8 Å². The van der Waals surface area contributed by atoms with Crippen molar-refractivity contribution in [2.24, 2.45) is 0 Å². The third-order valence-electron chi connectivity index (χ3n) is 5.10. The first kappa shape index (κ1) is 18.8. The third kappa shape index (κ3) is 3.01. The molecule has 29 heavy (non-hydrogen) atoms. The Labute approximate surface area is 176 Å². The van der Waals surface area contributed by atoms with Gasteiger partial charge < -0.3 is 4.90 Å². The van der Waals surface area contributed by atoms with E-state index in [4.69, 9.17) is 4.98 Å². The Morgan fingerprint density at radius 3 is 2.69 bits per heavy atom. The van der Waals surface area contributed by atoms with Gasteiger partial charge in [-0.2, -0.15) is 16.3 Å². The van der Waals surface area contributed by atoms with Crippen LogP contribution in [0.4, 0.5) is 5.82 Å². The van der Waals surface area contributed by atoms with Gasteiger partial charge in [0.25, 0.3) is 0 Å². The van der Waals surface area contributed by atoms with Gasteiger partial charge in [-0.3, -0.25) is 0 Å². The van der Waals surface area contributed by atoms with E-state index < -0.39 is 9.84 Å². The van der Waals surface area contributed by atoms with Crippen molar-refractivity contribution >= 4 is 54.6 Å². The number of thioether (sulfide) groups is 1. The quantitative estimate of drug-likeness (QED) is 0.478. The van der Waals surface area contributed by atoms with Crippen molar-refractivity contribution in [3.05, 3.63) is 40.8 Å². The van der Waals surface area contributed by atoms with Gasteiger partial charge in [0, 0.05) is 24.6 Å². The van der Waals surface area contributed by atoms with Crippen LogP contribution in [0.2, 0.25) is 0 Å². The zero-order valence-corrected chi connectivity index (χ0v) is 18.4. The predicted octanol–water partition coefficient (Wildman–Crippen LogP) is 3.34. The summed E-state index contributed by atoms with van der Waals surface area (Å²) in [7, 11) is -3.85. The minimum atomic E-state index is -3.85. The van der Waals surface area contributed by atoms with E-state index in [1.54, 1.807) is 28.8 Å². The van der Waals surface area contributed by atoms with Crippen LogP contribution in [-0.2, 0) is 9.84 Å². The molecule has 0 amide bonds. The van der Waals surface area contributed by atoms with E-state index in [-0.39, 0.29) is 15.6 Å². The Morgan fingerprint density at radius 1 is 1.10 bits per heavy atom. The molecule has 1 aromatic carbocycles. The van der Waals surface area contributed by atoms with Gasteiger partial charge in [-0.15, -0.1) is 16.4 Å². The van der Waals surface area contributed by atoms with Gasteiger partial charge in [0.2, 0.25) is 14.9 Å². The van der Waals surface area contributed by atoms with E-state index in [1.165, 1.54) is 0 Å². The Morgan fingerprint density at radius 2 is 1.90 bits per heavy atom. The number of sulfone groups is 1. The molecule has 1 saturated heterocycles. The van der Waals surface area contributed by atoms with Crippen LogP contribution in [0.1, 0.15) is 11.1 Å². The molecule has 0 N–H and O–H groups in total. The van der Waals surface area contributed by atoms with Gasteiger partial charge >= 0.3 is 0 Å². The van der Waals surface area contributed by atoms with Crippen LogP contribution >= 0.6 is 23.1 Å². The number of aryl methyl sites for hydroxylation is 2. The van der Waals surface area contributed by atoms with E-state index in [2.05, 4.69) is 15.2 Å². The molecule has 1 aliphatic rings. The average Bonchev–Trinajstić information content (AvgIpc) is 3.36. The van der Waals surface area contributed by atoms with Gasteiger partial charge in [-0.25, -0.2) is 13.4 Å². The lowest BCUT2D eigenvalue weighted by molar-refractivity contribution is 0.592. The second-order valence-corrected chi connectivity index (χ2v) is 11.0. The van der Waals surface area contributed by atoms with Crippen molar-refractivity contribution in [1.82, 2.24) is 19.8 Å². The highest BCUT2D eigenvalue weighted by atomic mass is 32.2. The average molecular weight is 446 g/mol. The summed E-state index contributed by atoms with van der Waals surface area (Å²) in [5.74, 6) is 2.89. The number of hydrogen-bond acceptors (Lipinski definition) is 8. The minimum absolute atomic E-state index is 0.0908. The Hall–Kier alpha value is -2.17. The topological polar surface area (TPSA) is 80.5 Å². The number of nitrogens with zero attached hydrogens (tertiary/aromatic N) is 5. The molecule has 7 nitrogen and oxygen atoms in total. The van der Waals surface area contributed by atoms with Crippen LogP contribution in [0.15, 0.2) is 39.6 Å². The number of aromatic nitrogens is 4. The molecule has 0 bridgehead atoms. The normalized spacial score (nSPS) is 15.4. The molecule has 1 aliphatic heterocycles. The summed E-state index contributed by atoms with van der Waals surface area (Å²) in [4.78, 5) is 7.27. The van der Waals surface area contributed by atoms with E-state index in [1.807, 2.05) is 42.3 Å². The summed E-state index contributed by atoms with van der Waals surface area (Å²) < 4.78 is 29.5. The van der Waals surface area contributed by atoms with Crippen LogP contribution in [0.25, 0.3) is 15.9 Å². The fraction of sp³-hybridized carbons (Fsp3) is 0.316. The molecule has 4 aromatic rings. The summed E-state index contributed by atoms with van der Waals surface area (Å²) in [5.41, 5.74) is 2.68. The van der Waals surface area contributed by atoms with Crippen molar-refractivity contribution in [3.63, 3.8) is 0 Å².